The Balaban J connectivity index is 0.000000273. The van der Waals surface area contributed by atoms with Crippen LogP contribution in [0.15, 0.2) is 0 Å². The lowest BCUT2D eigenvalue weighted by Crippen LogP contribution is -2.44. The molecule has 3 nitrogen and oxygen atoms in total. The highest BCUT2D eigenvalue weighted by Crippen LogP contribution is 2.32. The Morgan fingerprint density at radius 3 is 1.19 bits per heavy atom. The van der Waals surface area contributed by atoms with Crippen LogP contribution in [-0.2, 0) is 15.0 Å². The number of amides is 2. The zero-order chi connectivity index (χ0) is 20.6. The minimum atomic E-state index is -2.13. The largest absolute Gasteiger partial charge is 0.277 e. The van der Waals surface area contributed by atoms with E-state index in [-0.39, 0.29) is 17.4 Å². The number of hydrogen-bond donors (Lipinski definition) is 0. The third-order valence-electron chi connectivity index (χ3n) is 3.68. The van der Waals surface area contributed by atoms with Crippen molar-refractivity contribution in [1.29, 1.82) is 0 Å². The van der Waals surface area contributed by atoms with Gasteiger partial charge in [-0.3, -0.25) is 14.5 Å². The number of imide groups is 1. The minimum absolute atomic E-state index is 0.0394. The fraction of sp³-hybridized carbons (Fsp3) is 0.556. The molecule has 0 radical (unpaired) electrons. The highest BCUT2D eigenvalue weighted by Gasteiger charge is 2.36. The van der Waals surface area contributed by atoms with Gasteiger partial charge in [0.15, 0.2) is 23.3 Å². The Hall–Kier alpha value is -1.99. The van der Waals surface area contributed by atoms with E-state index in [1.54, 1.807) is 0 Å². The number of likely N-dealkylation sites (tertiary alicyclic amines) is 1. The van der Waals surface area contributed by atoms with Gasteiger partial charge >= 0.3 is 0 Å². The highest BCUT2D eigenvalue weighted by atomic mass is 19.2. The van der Waals surface area contributed by atoms with Crippen LogP contribution in [0.1, 0.15) is 59.9 Å². The van der Waals surface area contributed by atoms with Gasteiger partial charge in [-0.1, -0.05) is 20.8 Å². The van der Waals surface area contributed by atoms with Crippen molar-refractivity contribution in [2.24, 2.45) is 0 Å². The van der Waals surface area contributed by atoms with Gasteiger partial charge in [0.1, 0.15) is 0 Å². The quantitative estimate of drug-likeness (QED) is 0.286. The smallest absolute Gasteiger partial charge is 0.230 e. The maximum atomic E-state index is 13.2. The fourth-order valence-corrected chi connectivity index (χ4v) is 2.59. The number of benzene rings is 1. The molecule has 1 aliphatic heterocycles. The number of nitrogens with zero attached hydrogens (tertiary/aromatic N) is 1. The summed E-state index contributed by atoms with van der Waals surface area (Å²) in [7, 11) is 0. The third-order valence-corrected chi connectivity index (χ3v) is 3.68. The number of halogens is 5. The van der Waals surface area contributed by atoms with Crippen LogP contribution in [0.4, 0.5) is 22.0 Å². The summed E-state index contributed by atoms with van der Waals surface area (Å²) in [4.78, 5) is 23.6. The summed E-state index contributed by atoms with van der Waals surface area (Å²) >= 11 is 0. The number of rotatable bonds is 0. The number of carbonyl (C=O) groups excluding carboxylic acids is 2. The van der Waals surface area contributed by atoms with Gasteiger partial charge in [0, 0.05) is 23.9 Å². The molecule has 0 saturated carbocycles. The Morgan fingerprint density at radius 2 is 0.962 bits per heavy atom. The molecule has 2 rings (SSSR count). The van der Waals surface area contributed by atoms with Crippen LogP contribution in [0, 0.1) is 29.1 Å². The second-order valence-electron chi connectivity index (χ2n) is 7.99. The van der Waals surface area contributed by atoms with Gasteiger partial charge in [-0.25, -0.2) is 22.0 Å². The van der Waals surface area contributed by atoms with Crippen LogP contribution in [0.5, 0.6) is 0 Å². The van der Waals surface area contributed by atoms with E-state index in [0.29, 0.717) is 12.8 Å². The minimum Gasteiger partial charge on any atom is -0.277 e. The molecule has 1 fully saturated rings. The second-order valence-corrected chi connectivity index (χ2v) is 7.99. The van der Waals surface area contributed by atoms with E-state index in [1.165, 1.54) is 25.7 Å². The first-order valence-electron chi connectivity index (χ1n) is 7.98. The van der Waals surface area contributed by atoms with E-state index in [1.807, 2.05) is 20.8 Å². The zero-order valence-electron chi connectivity index (χ0n) is 15.6. The van der Waals surface area contributed by atoms with Crippen molar-refractivity contribution in [1.82, 2.24) is 4.90 Å². The van der Waals surface area contributed by atoms with Gasteiger partial charge < -0.3 is 0 Å². The Labute approximate surface area is 149 Å². The van der Waals surface area contributed by atoms with Gasteiger partial charge in [0.25, 0.3) is 0 Å². The molecule has 146 valence electrons. The van der Waals surface area contributed by atoms with Crippen LogP contribution in [-0.4, -0.2) is 22.3 Å². The molecule has 1 heterocycles. The van der Waals surface area contributed by atoms with E-state index < -0.39 is 40.1 Å². The average Bonchev–Trinajstić information content (AvgIpc) is 2.81. The molecule has 1 saturated heterocycles. The lowest BCUT2D eigenvalue weighted by molar-refractivity contribution is -0.143. The predicted molar refractivity (Wildman–Crippen MR) is 85.8 cm³/mol. The van der Waals surface area contributed by atoms with Gasteiger partial charge in [0.05, 0.1) is 0 Å². The van der Waals surface area contributed by atoms with Crippen LogP contribution < -0.4 is 0 Å². The first-order chi connectivity index (χ1) is 11.6. The molecule has 2 amide bonds. The first-order valence-corrected chi connectivity index (χ1v) is 7.98. The standard InChI is InChI=1S/C10H9F5.C8H13NO2/c1-10(2,3)4-5(11)7(13)9(15)8(14)6(4)12;1-8(2,3)9-6(10)4-5-7(9)11/h1-3H3;4-5H2,1-3H3. The lowest BCUT2D eigenvalue weighted by Gasteiger charge is -2.29. The van der Waals surface area contributed by atoms with Crippen molar-refractivity contribution in [3.8, 4) is 0 Å². The molecule has 8 heteroatoms. The molecular formula is C18H22F5NO2. The molecule has 0 aromatic heterocycles. The third kappa shape index (κ3) is 4.40. The Morgan fingerprint density at radius 1 is 0.654 bits per heavy atom. The van der Waals surface area contributed by atoms with Crippen LogP contribution in [0.25, 0.3) is 0 Å². The van der Waals surface area contributed by atoms with Gasteiger partial charge in [0.2, 0.25) is 17.6 Å². The summed E-state index contributed by atoms with van der Waals surface area (Å²) in [6.45, 7) is 9.71. The fourth-order valence-electron chi connectivity index (χ4n) is 2.59. The molecule has 1 aromatic carbocycles. The van der Waals surface area contributed by atoms with E-state index >= 15 is 0 Å². The van der Waals surface area contributed by atoms with Crippen molar-refractivity contribution < 1.29 is 31.5 Å². The summed E-state index contributed by atoms with van der Waals surface area (Å²) < 4.78 is 64.6. The topological polar surface area (TPSA) is 37.4 Å². The maximum Gasteiger partial charge on any atom is 0.230 e. The molecular weight excluding hydrogens is 357 g/mol. The molecule has 26 heavy (non-hydrogen) atoms. The summed E-state index contributed by atoms with van der Waals surface area (Å²) in [5.41, 5.74) is -2.28. The molecule has 0 unspecified atom stereocenters. The molecule has 0 N–H and O–H groups in total. The van der Waals surface area contributed by atoms with E-state index in [4.69, 9.17) is 0 Å². The van der Waals surface area contributed by atoms with Crippen molar-refractivity contribution in [3.63, 3.8) is 0 Å². The second kappa shape index (κ2) is 7.32. The molecule has 0 atom stereocenters. The summed E-state index contributed by atoms with van der Waals surface area (Å²) in [5, 5.41) is 0. The zero-order valence-corrected chi connectivity index (χ0v) is 15.6. The molecule has 0 bridgehead atoms. The monoisotopic (exact) mass is 379 g/mol. The molecule has 0 aliphatic carbocycles. The first kappa shape index (κ1) is 22.1. The Kier molecular flexibility index (Phi) is 6.21. The van der Waals surface area contributed by atoms with Crippen LogP contribution in [0.2, 0.25) is 0 Å². The van der Waals surface area contributed by atoms with Gasteiger partial charge in [-0.05, 0) is 26.2 Å². The van der Waals surface area contributed by atoms with E-state index in [0.717, 1.165) is 0 Å². The average molecular weight is 379 g/mol. The summed E-state index contributed by atoms with van der Waals surface area (Å²) in [5.74, 6) is -9.54. The lowest BCUT2D eigenvalue weighted by atomic mass is 9.86. The molecule has 1 aromatic rings. The van der Waals surface area contributed by atoms with Crippen molar-refractivity contribution in [2.75, 3.05) is 0 Å². The van der Waals surface area contributed by atoms with Crippen molar-refractivity contribution in [2.45, 2.75) is 65.3 Å². The molecule has 1 aliphatic rings. The van der Waals surface area contributed by atoms with Crippen LogP contribution in [0.3, 0.4) is 0 Å². The van der Waals surface area contributed by atoms with Crippen molar-refractivity contribution in [3.05, 3.63) is 34.6 Å². The number of hydrogen-bond acceptors (Lipinski definition) is 2. The highest BCUT2D eigenvalue weighted by molar-refractivity contribution is 6.02. The SMILES string of the molecule is CC(C)(C)N1C(=O)CCC1=O.CC(C)(C)c1c(F)c(F)c(F)c(F)c1F. The molecule has 0 spiro atoms. The van der Waals surface area contributed by atoms with E-state index in [2.05, 4.69) is 0 Å². The van der Waals surface area contributed by atoms with E-state index in [9.17, 15) is 31.5 Å². The number of carbonyl (C=O) groups is 2. The van der Waals surface area contributed by atoms with Crippen LogP contribution >= 0.6 is 0 Å². The summed E-state index contributed by atoms with van der Waals surface area (Å²) in [6.07, 6.45) is 0.770. The Bertz CT molecular complexity index is 688. The van der Waals surface area contributed by atoms with Gasteiger partial charge in [-0.15, -0.1) is 0 Å². The summed E-state index contributed by atoms with van der Waals surface area (Å²) in [6, 6.07) is 0. The predicted octanol–water partition coefficient (Wildman–Crippen LogP) is 4.61. The van der Waals surface area contributed by atoms with Gasteiger partial charge in [-0.2, -0.15) is 0 Å². The van der Waals surface area contributed by atoms with Crippen molar-refractivity contribution >= 4 is 11.8 Å². The normalized spacial score (nSPS) is 15.3. The maximum absolute atomic E-state index is 13.2.